The highest BCUT2D eigenvalue weighted by atomic mass is 16.5. The summed E-state index contributed by atoms with van der Waals surface area (Å²) in [7, 11) is 0. The number of nitrogens with one attached hydrogen (secondary N) is 1. The first kappa shape index (κ1) is 18.0. The van der Waals surface area contributed by atoms with Gasteiger partial charge in [0.2, 0.25) is 0 Å². The molecule has 2 N–H and O–H groups in total. The van der Waals surface area contributed by atoms with Crippen molar-refractivity contribution in [3.05, 3.63) is 59.4 Å². The second-order valence-corrected chi connectivity index (χ2v) is 6.14. The number of carbonyl (C=O) groups excluding carboxylic acids is 1. The van der Waals surface area contributed by atoms with Gasteiger partial charge in [0, 0.05) is 31.0 Å². The standard InChI is InChI=1S/C19H21N3O4/c1-13(22-8-10-26-11-9-22)14-2-5-16(6-3-14)21-18(23)17-7-4-15(12-20-17)19(24)25/h2-7,12-13H,8-11H2,1H3,(H,21,23)(H,24,25). The van der Waals surface area contributed by atoms with Crippen molar-refractivity contribution in [3.63, 3.8) is 0 Å². The molecule has 0 spiro atoms. The maximum atomic E-state index is 12.2. The Kier molecular flexibility index (Phi) is 5.60. The summed E-state index contributed by atoms with van der Waals surface area (Å²) in [4.78, 5) is 29.3. The van der Waals surface area contributed by atoms with Crippen molar-refractivity contribution < 1.29 is 19.4 Å². The lowest BCUT2D eigenvalue weighted by Crippen LogP contribution is -2.37. The number of ether oxygens (including phenoxy) is 1. The van der Waals surface area contributed by atoms with Crippen LogP contribution in [0.15, 0.2) is 42.6 Å². The molecule has 1 amide bonds. The zero-order valence-electron chi connectivity index (χ0n) is 14.5. The number of nitrogens with zero attached hydrogens (tertiary/aromatic N) is 2. The van der Waals surface area contributed by atoms with Gasteiger partial charge < -0.3 is 15.2 Å². The van der Waals surface area contributed by atoms with E-state index in [0.29, 0.717) is 5.69 Å². The molecule has 1 aliphatic rings. The fourth-order valence-corrected chi connectivity index (χ4v) is 2.87. The summed E-state index contributed by atoms with van der Waals surface area (Å²) in [5.74, 6) is -1.45. The van der Waals surface area contributed by atoms with E-state index in [4.69, 9.17) is 9.84 Å². The van der Waals surface area contributed by atoms with E-state index >= 15 is 0 Å². The number of pyridine rings is 1. The van der Waals surface area contributed by atoms with Crippen LogP contribution in [0.5, 0.6) is 0 Å². The maximum absolute atomic E-state index is 12.2. The average Bonchev–Trinajstić information content (AvgIpc) is 2.68. The van der Waals surface area contributed by atoms with Gasteiger partial charge in [-0.05, 0) is 36.8 Å². The number of amides is 1. The van der Waals surface area contributed by atoms with E-state index in [2.05, 4.69) is 22.1 Å². The molecule has 2 heterocycles. The minimum absolute atomic E-state index is 0.0444. The highest BCUT2D eigenvalue weighted by Crippen LogP contribution is 2.22. The first-order chi connectivity index (χ1) is 12.5. The van der Waals surface area contributed by atoms with Gasteiger partial charge in [-0.3, -0.25) is 14.7 Å². The summed E-state index contributed by atoms with van der Waals surface area (Å²) in [5, 5.41) is 11.6. The van der Waals surface area contributed by atoms with E-state index < -0.39 is 5.97 Å². The lowest BCUT2D eigenvalue weighted by Gasteiger charge is -2.32. The van der Waals surface area contributed by atoms with Crippen LogP contribution in [0.25, 0.3) is 0 Å². The Morgan fingerprint density at radius 2 is 1.85 bits per heavy atom. The lowest BCUT2D eigenvalue weighted by molar-refractivity contribution is 0.0198. The Morgan fingerprint density at radius 3 is 2.42 bits per heavy atom. The summed E-state index contributed by atoms with van der Waals surface area (Å²) >= 11 is 0. The first-order valence-electron chi connectivity index (χ1n) is 8.47. The third kappa shape index (κ3) is 4.25. The van der Waals surface area contributed by atoms with Crippen LogP contribution in [-0.4, -0.2) is 53.2 Å². The average molecular weight is 355 g/mol. The van der Waals surface area contributed by atoms with Crippen LogP contribution in [0.2, 0.25) is 0 Å². The fraction of sp³-hybridized carbons (Fsp3) is 0.316. The predicted octanol–water partition coefficient (Wildman–Crippen LogP) is 2.43. The molecule has 1 aromatic carbocycles. The molecule has 7 nitrogen and oxygen atoms in total. The number of carboxylic acids is 1. The number of hydrogen-bond donors (Lipinski definition) is 2. The highest BCUT2D eigenvalue weighted by Gasteiger charge is 2.18. The molecule has 1 fully saturated rings. The molecular formula is C19H21N3O4. The topological polar surface area (TPSA) is 91.8 Å². The summed E-state index contributed by atoms with van der Waals surface area (Å²) in [6, 6.07) is 10.7. The van der Waals surface area contributed by atoms with Crippen LogP contribution in [0.4, 0.5) is 5.69 Å². The van der Waals surface area contributed by atoms with Gasteiger partial charge in [-0.25, -0.2) is 4.79 Å². The van der Waals surface area contributed by atoms with Gasteiger partial charge in [0.1, 0.15) is 5.69 Å². The molecule has 26 heavy (non-hydrogen) atoms. The molecule has 0 bridgehead atoms. The molecule has 7 heteroatoms. The number of hydrogen-bond acceptors (Lipinski definition) is 5. The van der Waals surface area contributed by atoms with E-state index in [-0.39, 0.29) is 23.2 Å². The Morgan fingerprint density at radius 1 is 1.15 bits per heavy atom. The molecule has 1 saturated heterocycles. The number of anilines is 1. The number of aromatic nitrogens is 1. The molecule has 1 aliphatic heterocycles. The SMILES string of the molecule is CC(c1ccc(NC(=O)c2ccc(C(=O)O)cn2)cc1)N1CCOCC1. The van der Waals surface area contributed by atoms with Crippen LogP contribution >= 0.6 is 0 Å². The second-order valence-electron chi connectivity index (χ2n) is 6.14. The maximum Gasteiger partial charge on any atom is 0.337 e. The largest absolute Gasteiger partial charge is 0.478 e. The summed E-state index contributed by atoms with van der Waals surface area (Å²) < 4.78 is 5.38. The highest BCUT2D eigenvalue weighted by molar-refractivity contribution is 6.03. The van der Waals surface area contributed by atoms with E-state index in [1.807, 2.05) is 24.3 Å². The van der Waals surface area contributed by atoms with Crippen molar-refractivity contribution in [2.24, 2.45) is 0 Å². The van der Waals surface area contributed by atoms with Gasteiger partial charge in [-0.2, -0.15) is 0 Å². The molecule has 136 valence electrons. The zero-order chi connectivity index (χ0) is 18.5. The smallest absolute Gasteiger partial charge is 0.337 e. The minimum Gasteiger partial charge on any atom is -0.478 e. The zero-order valence-corrected chi connectivity index (χ0v) is 14.5. The molecule has 0 radical (unpaired) electrons. The number of carboxylic acid groups (broad SMARTS) is 1. The van der Waals surface area contributed by atoms with Gasteiger partial charge in [0.25, 0.3) is 5.91 Å². The molecule has 2 aromatic rings. The lowest BCUT2D eigenvalue weighted by atomic mass is 10.1. The Labute approximate surface area is 151 Å². The van der Waals surface area contributed by atoms with Gasteiger partial charge in [0.05, 0.1) is 18.8 Å². The second kappa shape index (κ2) is 8.07. The third-order valence-electron chi connectivity index (χ3n) is 4.49. The number of benzene rings is 1. The van der Waals surface area contributed by atoms with Gasteiger partial charge in [-0.15, -0.1) is 0 Å². The molecule has 3 rings (SSSR count). The third-order valence-corrected chi connectivity index (χ3v) is 4.49. The van der Waals surface area contributed by atoms with E-state index in [1.165, 1.54) is 23.9 Å². The molecule has 1 atom stereocenters. The Bertz CT molecular complexity index is 768. The Hall–Kier alpha value is -2.77. The Balaban J connectivity index is 1.63. The summed E-state index contributed by atoms with van der Waals surface area (Å²) in [5.41, 5.74) is 2.05. The minimum atomic E-state index is -1.07. The molecule has 1 unspecified atom stereocenters. The number of morpholine rings is 1. The van der Waals surface area contributed by atoms with E-state index in [9.17, 15) is 9.59 Å². The monoisotopic (exact) mass is 355 g/mol. The quantitative estimate of drug-likeness (QED) is 0.856. The van der Waals surface area contributed by atoms with Crippen LogP contribution in [0.1, 0.15) is 39.4 Å². The first-order valence-corrected chi connectivity index (χ1v) is 8.47. The number of carbonyl (C=O) groups is 2. The van der Waals surface area contributed by atoms with Gasteiger partial charge in [-0.1, -0.05) is 12.1 Å². The predicted molar refractivity (Wildman–Crippen MR) is 96.4 cm³/mol. The number of rotatable bonds is 5. The van der Waals surface area contributed by atoms with Gasteiger partial charge in [0.15, 0.2) is 0 Å². The molecule has 1 aromatic heterocycles. The van der Waals surface area contributed by atoms with E-state index in [0.717, 1.165) is 26.3 Å². The fourth-order valence-electron chi connectivity index (χ4n) is 2.87. The normalized spacial score (nSPS) is 16.0. The molecular weight excluding hydrogens is 334 g/mol. The van der Waals surface area contributed by atoms with Crippen molar-refractivity contribution in [1.82, 2.24) is 9.88 Å². The van der Waals surface area contributed by atoms with Crippen LogP contribution in [0, 0.1) is 0 Å². The van der Waals surface area contributed by atoms with Crippen molar-refractivity contribution in [2.45, 2.75) is 13.0 Å². The van der Waals surface area contributed by atoms with Crippen LogP contribution in [-0.2, 0) is 4.74 Å². The number of aromatic carboxylic acids is 1. The van der Waals surface area contributed by atoms with Crippen LogP contribution in [0.3, 0.4) is 0 Å². The summed E-state index contributed by atoms with van der Waals surface area (Å²) in [6.45, 7) is 5.50. The van der Waals surface area contributed by atoms with Gasteiger partial charge >= 0.3 is 5.97 Å². The van der Waals surface area contributed by atoms with Crippen molar-refractivity contribution in [1.29, 1.82) is 0 Å². The van der Waals surface area contributed by atoms with Crippen molar-refractivity contribution >= 4 is 17.6 Å². The van der Waals surface area contributed by atoms with Crippen molar-refractivity contribution in [2.75, 3.05) is 31.6 Å². The van der Waals surface area contributed by atoms with Crippen LogP contribution < -0.4 is 5.32 Å². The van der Waals surface area contributed by atoms with Crippen molar-refractivity contribution in [3.8, 4) is 0 Å². The molecule has 0 saturated carbocycles. The molecule has 0 aliphatic carbocycles. The van der Waals surface area contributed by atoms with E-state index in [1.54, 1.807) is 0 Å². The summed E-state index contributed by atoms with van der Waals surface area (Å²) in [6.07, 6.45) is 1.17.